The molecule has 0 atom stereocenters. The van der Waals surface area contributed by atoms with Gasteiger partial charge in [-0.05, 0) is 26.3 Å². The minimum atomic E-state index is -1.15. The first-order valence-electron chi connectivity index (χ1n) is 6.64. The van der Waals surface area contributed by atoms with E-state index >= 15 is 0 Å². The first-order valence-corrected chi connectivity index (χ1v) is 6.64. The second-order valence-electron chi connectivity index (χ2n) is 5.44. The second-order valence-corrected chi connectivity index (χ2v) is 5.44. The van der Waals surface area contributed by atoms with E-state index in [4.69, 9.17) is 4.74 Å². The first-order chi connectivity index (χ1) is 9.85. The Bertz CT molecular complexity index is 734. The van der Waals surface area contributed by atoms with E-state index in [9.17, 15) is 14.7 Å². The molecule has 0 saturated heterocycles. The molecule has 1 aromatic heterocycles. The Labute approximate surface area is 122 Å². The van der Waals surface area contributed by atoms with Crippen LogP contribution >= 0.6 is 0 Å². The van der Waals surface area contributed by atoms with Crippen LogP contribution in [-0.2, 0) is 11.3 Å². The van der Waals surface area contributed by atoms with Crippen LogP contribution in [0, 0.1) is 0 Å². The number of carboxylic acid groups (broad SMARTS) is 1. The highest BCUT2D eigenvalue weighted by Gasteiger charge is 2.19. The normalized spacial score (nSPS) is 11.8. The number of ether oxygens (including phenoxy) is 1. The lowest BCUT2D eigenvalue weighted by Gasteiger charge is -2.22. The molecule has 1 aromatic carbocycles. The van der Waals surface area contributed by atoms with E-state index in [-0.39, 0.29) is 11.3 Å². The third-order valence-electron chi connectivity index (χ3n) is 3.55. The zero-order chi connectivity index (χ0) is 15.6. The van der Waals surface area contributed by atoms with Gasteiger partial charge >= 0.3 is 5.97 Å². The topological polar surface area (TPSA) is 81.4 Å². The average molecular weight is 290 g/mol. The number of aromatic nitrogens is 2. The minimum absolute atomic E-state index is 0.111. The lowest BCUT2D eigenvalue weighted by Crippen LogP contribution is -2.31. The number of hydrogen-bond acceptors (Lipinski definition) is 4. The highest BCUT2D eigenvalue weighted by atomic mass is 16.5. The van der Waals surface area contributed by atoms with E-state index in [2.05, 4.69) is 5.10 Å². The summed E-state index contributed by atoms with van der Waals surface area (Å²) in [6.45, 7) is 4.10. The van der Waals surface area contributed by atoms with Crippen molar-refractivity contribution < 1.29 is 14.6 Å². The molecule has 0 unspecified atom stereocenters. The molecule has 2 aromatic rings. The molecule has 21 heavy (non-hydrogen) atoms. The highest BCUT2D eigenvalue weighted by Crippen LogP contribution is 2.16. The number of nitrogens with zero attached hydrogens (tertiary/aromatic N) is 2. The standard InChI is InChI=1S/C15H18N2O4/c1-15(2,21-3)8-9-17-13(18)11-7-5-4-6-10(11)12(16-17)14(19)20/h4-7H,8-9H2,1-3H3,(H,19,20). The number of carbonyl (C=O) groups is 1. The van der Waals surface area contributed by atoms with Crippen molar-refractivity contribution in [3.63, 3.8) is 0 Å². The van der Waals surface area contributed by atoms with Crippen molar-refractivity contribution in [2.45, 2.75) is 32.4 Å². The van der Waals surface area contributed by atoms with Crippen molar-refractivity contribution in [3.05, 3.63) is 40.3 Å². The van der Waals surface area contributed by atoms with Crippen LogP contribution in [-0.4, -0.2) is 33.6 Å². The zero-order valence-electron chi connectivity index (χ0n) is 12.3. The number of methoxy groups -OCH3 is 1. The average Bonchev–Trinajstić information content (AvgIpc) is 2.46. The van der Waals surface area contributed by atoms with Crippen molar-refractivity contribution in [1.29, 1.82) is 0 Å². The molecule has 0 saturated carbocycles. The maximum Gasteiger partial charge on any atom is 0.357 e. The van der Waals surface area contributed by atoms with Gasteiger partial charge in [-0.3, -0.25) is 4.79 Å². The molecule has 0 bridgehead atoms. The maximum absolute atomic E-state index is 12.4. The molecule has 0 spiro atoms. The molecule has 112 valence electrons. The maximum atomic E-state index is 12.4. The Kier molecular flexibility index (Phi) is 4.09. The van der Waals surface area contributed by atoms with Gasteiger partial charge in [0.2, 0.25) is 0 Å². The van der Waals surface area contributed by atoms with Gasteiger partial charge in [-0.1, -0.05) is 18.2 Å². The molecule has 0 fully saturated rings. The number of benzene rings is 1. The smallest absolute Gasteiger partial charge is 0.357 e. The van der Waals surface area contributed by atoms with Gasteiger partial charge in [-0.25, -0.2) is 9.48 Å². The van der Waals surface area contributed by atoms with Crippen LogP contribution in [0.15, 0.2) is 29.1 Å². The lowest BCUT2D eigenvalue weighted by molar-refractivity contribution is 0.0110. The number of carboxylic acids is 1. The van der Waals surface area contributed by atoms with E-state index in [1.165, 1.54) is 4.68 Å². The Hall–Kier alpha value is -2.21. The number of aryl methyl sites for hydroxylation is 1. The van der Waals surface area contributed by atoms with Gasteiger partial charge in [0.1, 0.15) is 0 Å². The van der Waals surface area contributed by atoms with Crippen LogP contribution in [0.3, 0.4) is 0 Å². The first kappa shape index (κ1) is 15.2. The zero-order valence-corrected chi connectivity index (χ0v) is 12.3. The Morgan fingerprint density at radius 3 is 2.52 bits per heavy atom. The summed E-state index contributed by atoms with van der Waals surface area (Å²) in [6.07, 6.45) is 0.549. The summed E-state index contributed by atoms with van der Waals surface area (Å²) < 4.78 is 6.51. The molecular weight excluding hydrogens is 272 g/mol. The van der Waals surface area contributed by atoms with E-state index in [1.807, 2.05) is 13.8 Å². The minimum Gasteiger partial charge on any atom is -0.476 e. The van der Waals surface area contributed by atoms with Gasteiger partial charge < -0.3 is 9.84 Å². The second kappa shape index (κ2) is 5.65. The summed E-state index contributed by atoms with van der Waals surface area (Å²) >= 11 is 0. The molecule has 0 aliphatic rings. The lowest BCUT2D eigenvalue weighted by atomic mass is 10.1. The predicted octanol–water partition coefficient (Wildman–Crippen LogP) is 1.91. The quantitative estimate of drug-likeness (QED) is 0.909. The third kappa shape index (κ3) is 3.11. The molecule has 1 heterocycles. The molecule has 0 amide bonds. The Morgan fingerprint density at radius 1 is 1.33 bits per heavy atom. The van der Waals surface area contributed by atoms with Crippen molar-refractivity contribution in [1.82, 2.24) is 9.78 Å². The highest BCUT2D eigenvalue weighted by molar-refractivity contribution is 6.01. The summed E-state index contributed by atoms with van der Waals surface area (Å²) in [6, 6.07) is 6.60. The monoisotopic (exact) mass is 290 g/mol. The molecule has 0 aliphatic carbocycles. The fraction of sp³-hybridized carbons (Fsp3) is 0.400. The van der Waals surface area contributed by atoms with Crippen LogP contribution in [0.5, 0.6) is 0 Å². The van der Waals surface area contributed by atoms with Crippen LogP contribution in [0.4, 0.5) is 0 Å². The van der Waals surface area contributed by atoms with Crippen LogP contribution in [0.1, 0.15) is 30.8 Å². The molecular formula is C15H18N2O4. The summed E-state index contributed by atoms with van der Waals surface area (Å²) in [4.78, 5) is 23.7. The van der Waals surface area contributed by atoms with Gasteiger partial charge in [0.15, 0.2) is 5.69 Å². The largest absolute Gasteiger partial charge is 0.476 e. The van der Waals surface area contributed by atoms with Crippen molar-refractivity contribution in [2.75, 3.05) is 7.11 Å². The Morgan fingerprint density at radius 2 is 1.95 bits per heavy atom. The van der Waals surface area contributed by atoms with Crippen LogP contribution < -0.4 is 5.56 Å². The van der Waals surface area contributed by atoms with E-state index < -0.39 is 11.6 Å². The number of rotatable bonds is 5. The molecule has 2 rings (SSSR count). The molecule has 0 aliphatic heterocycles. The summed E-state index contributed by atoms with van der Waals surface area (Å²) in [7, 11) is 1.60. The van der Waals surface area contributed by atoms with Gasteiger partial charge in [-0.15, -0.1) is 0 Å². The van der Waals surface area contributed by atoms with E-state index in [0.29, 0.717) is 23.7 Å². The fourth-order valence-electron chi connectivity index (χ4n) is 2.02. The predicted molar refractivity (Wildman–Crippen MR) is 78.7 cm³/mol. The van der Waals surface area contributed by atoms with Crippen molar-refractivity contribution in [3.8, 4) is 0 Å². The van der Waals surface area contributed by atoms with Gasteiger partial charge in [0.25, 0.3) is 5.56 Å². The fourth-order valence-corrected chi connectivity index (χ4v) is 2.02. The number of aromatic carboxylic acids is 1. The van der Waals surface area contributed by atoms with Crippen molar-refractivity contribution >= 4 is 16.7 Å². The SMILES string of the molecule is COC(C)(C)CCn1nc(C(=O)O)c2ccccc2c1=O. The summed E-state index contributed by atoms with van der Waals surface area (Å²) in [5, 5.41) is 14.0. The van der Waals surface area contributed by atoms with Gasteiger partial charge in [0, 0.05) is 19.0 Å². The molecule has 1 N–H and O–H groups in total. The third-order valence-corrected chi connectivity index (χ3v) is 3.55. The molecule has 6 nitrogen and oxygen atoms in total. The molecule has 6 heteroatoms. The number of hydrogen-bond donors (Lipinski definition) is 1. The van der Waals surface area contributed by atoms with Crippen LogP contribution in [0.2, 0.25) is 0 Å². The van der Waals surface area contributed by atoms with Gasteiger partial charge in [0.05, 0.1) is 11.0 Å². The Balaban J connectivity index is 2.52. The molecule has 0 radical (unpaired) electrons. The van der Waals surface area contributed by atoms with Gasteiger partial charge in [-0.2, -0.15) is 5.10 Å². The van der Waals surface area contributed by atoms with E-state index in [1.54, 1.807) is 31.4 Å². The van der Waals surface area contributed by atoms with E-state index in [0.717, 1.165) is 0 Å². The van der Waals surface area contributed by atoms with Crippen molar-refractivity contribution in [2.24, 2.45) is 0 Å². The number of fused-ring (bicyclic) bond motifs is 1. The summed E-state index contributed by atoms with van der Waals surface area (Å²) in [5.41, 5.74) is -0.807. The van der Waals surface area contributed by atoms with Crippen LogP contribution in [0.25, 0.3) is 10.8 Å². The summed E-state index contributed by atoms with van der Waals surface area (Å²) in [5.74, 6) is -1.15.